The molecule has 2 heteroatoms. The number of rotatable bonds is 2. The van der Waals surface area contributed by atoms with Gasteiger partial charge in [0.15, 0.2) is 0 Å². The molecule has 1 aromatic carbocycles. The Morgan fingerprint density at radius 3 is 2.08 bits per heavy atom. The summed E-state index contributed by atoms with van der Waals surface area (Å²) in [5.74, 6) is -1.04. The first-order valence-corrected chi connectivity index (χ1v) is 3.92. The number of hydrogen-bond donors (Lipinski definition) is 0. The van der Waals surface area contributed by atoms with Gasteiger partial charge >= 0.3 is 0 Å². The Balaban J connectivity index is 2.71. The topological polar surface area (TPSA) is 9.23 Å². The predicted molar refractivity (Wildman–Crippen MR) is 47.0 cm³/mol. The highest BCUT2D eigenvalue weighted by atomic mass is 19.2. The first-order valence-electron chi connectivity index (χ1n) is 3.92. The Kier molecular flexibility index (Phi) is 2.36. The molecule has 0 aliphatic heterocycles. The number of benzene rings is 1. The van der Waals surface area contributed by atoms with E-state index in [2.05, 4.69) is 0 Å². The highest BCUT2D eigenvalue weighted by Crippen LogP contribution is 2.19. The Morgan fingerprint density at radius 2 is 1.67 bits per heavy atom. The minimum Gasteiger partial charge on any atom is -0.459 e. The summed E-state index contributed by atoms with van der Waals surface area (Å²) in [7, 11) is 0. The van der Waals surface area contributed by atoms with E-state index in [1.165, 1.54) is 13.8 Å². The zero-order valence-electron chi connectivity index (χ0n) is 7.60. The fourth-order valence-corrected chi connectivity index (χ4v) is 0.887. The maximum absolute atomic E-state index is 13.0. The van der Waals surface area contributed by atoms with E-state index in [9.17, 15) is 4.39 Å². The molecule has 0 saturated carbocycles. The van der Waals surface area contributed by atoms with Crippen molar-refractivity contribution >= 4 is 0 Å². The fraction of sp³-hybridized carbons (Fsp3) is 0.400. The van der Waals surface area contributed by atoms with Crippen LogP contribution in [0.3, 0.4) is 0 Å². The van der Waals surface area contributed by atoms with Crippen LogP contribution in [0.5, 0.6) is 5.75 Å². The molecule has 0 heterocycles. The number of halogens is 1. The summed E-state index contributed by atoms with van der Waals surface area (Å²) in [4.78, 5) is 0. The SMILES string of the molecule is Cc1ccc(OC(C)(C)F)cc1. The molecule has 0 unspecified atom stereocenters. The third-order valence-electron chi connectivity index (χ3n) is 1.38. The Morgan fingerprint density at radius 1 is 1.17 bits per heavy atom. The summed E-state index contributed by atoms with van der Waals surface area (Å²) in [5, 5.41) is 0. The second-order valence-electron chi connectivity index (χ2n) is 3.28. The molecule has 66 valence electrons. The van der Waals surface area contributed by atoms with Crippen LogP contribution >= 0.6 is 0 Å². The van der Waals surface area contributed by atoms with Crippen molar-refractivity contribution in [1.82, 2.24) is 0 Å². The van der Waals surface area contributed by atoms with Crippen molar-refractivity contribution in [3.05, 3.63) is 29.8 Å². The van der Waals surface area contributed by atoms with Gasteiger partial charge in [-0.3, -0.25) is 0 Å². The summed E-state index contributed by atoms with van der Waals surface area (Å²) in [6, 6.07) is 7.30. The molecule has 0 atom stereocenters. The van der Waals surface area contributed by atoms with Crippen molar-refractivity contribution < 1.29 is 9.13 Å². The smallest absolute Gasteiger partial charge is 0.242 e. The summed E-state index contributed by atoms with van der Waals surface area (Å²) in [6.07, 6.45) is 0. The zero-order chi connectivity index (χ0) is 9.19. The van der Waals surface area contributed by atoms with E-state index >= 15 is 0 Å². The average molecular weight is 168 g/mol. The van der Waals surface area contributed by atoms with Crippen LogP contribution in [0, 0.1) is 6.92 Å². The highest BCUT2D eigenvalue weighted by molar-refractivity contribution is 5.26. The molecule has 0 N–H and O–H groups in total. The van der Waals surface area contributed by atoms with Gasteiger partial charge in [-0.25, -0.2) is 0 Å². The van der Waals surface area contributed by atoms with Crippen molar-refractivity contribution in [2.45, 2.75) is 26.6 Å². The zero-order valence-corrected chi connectivity index (χ0v) is 7.60. The number of alkyl halides is 1. The fourth-order valence-electron chi connectivity index (χ4n) is 0.887. The van der Waals surface area contributed by atoms with E-state index in [0.29, 0.717) is 5.75 Å². The van der Waals surface area contributed by atoms with Gasteiger partial charge in [-0.15, -0.1) is 0 Å². The van der Waals surface area contributed by atoms with E-state index in [1.54, 1.807) is 12.1 Å². The number of ether oxygens (including phenoxy) is 1. The maximum Gasteiger partial charge on any atom is 0.242 e. The lowest BCUT2D eigenvalue weighted by Crippen LogP contribution is -2.20. The summed E-state index contributed by atoms with van der Waals surface area (Å²) >= 11 is 0. The highest BCUT2D eigenvalue weighted by Gasteiger charge is 2.16. The van der Waals surface area contributed by atoms with Crippen molar-refractivity contribution in [2.75, 3.05) is 0 Å². The van der Waals surface area contributed by atoms with Crippen molar-refractivity contribution in [3.8, 4) is 5.75 Å². The third kappa shape index (κ3) is 2.91. The molecule has 0 aromatic heterocycles. The van der Waals surface area contributed by atoms with Crippen LogP contribution in [0.1, 0.15) is 19.4 Å². The van der Waals surface area contributed by atoms with E-state index in [4.69, 9.17) is 4.74 Å². The van der Waals surface area contributed by atoms with E-state index in [0.717, 1.165) is 5.56 Å². The molecule has 1 aromatic rings. The van der Waals surface area contributed by atoms with Crippen LogP contribution < -0.4 is 4.74 Å². The van der Waals surface area contributed by atoms with Gasteiger partial charge < -0.3 is 4.74 Å². The summed E-state index contributed by atoms with van der Waals surface area (Å²) < 4.78 is 17.9. The van der Waals surface area contributed by atoms with Gasteiger partial charge in [-0.1, -0.05) is 17.7 Å². The molecule has 0 saturated heterocycles. The normalized spacial score (nSPS) is 11.3. The summed E-state index contributed by atoms with van der Waals surface area (Å²) in [6.45, 7) is 4.74. The van der Waals surface area contributed by atoms with E-state index < -0.39 is 5.85 Å². The monoisotopic (exact) mass is 168 g/mol. The van der Waals surface area contributed by atoms with Gasteiger partial charge in [-0.2, -0.15) is 4.39 Å². The molecule has 0 aliphatic carbocycles. The Bertz CT molecular complexity index is 246. The molecule has 12 heavy (non-hydrogen) atoms. The lowest BCUT2D eigenvalue weighted by Gasteiger charge is -2.16. The minimum atomic E-state index is -1.60. The second kappa shape index (κ2) is 3.13. The summed E-state index contributed by atoms with van der Waals surface area (Å²) in [5.41, 5.74) is 1.14. The van der Waals surface area contributed by atoms with Gasteiger partial charge in [0.1, 0.15) is 5.75 Å². The molecule has 0 amide bonds. The molecule has 0 spiro atoms. The van der Waals surface area contributed by atoms with Crippen LogP contribution in [-0.2, 0) is 0 Å². The van der Waals surface area contributed by atoms with E-state index in [1.807, 2.05) is 19.1 Å². The molecule has 0 radical (unpaired) electrons. The first kappa shape index (κ1) is 9.04. The van der Waals surface area contributed by atoms with Gasteiger partial charge in [0, 0.05) is 13.8 Å². The quantitative estimate of drug-likeness (QED) is 0.659. The van der Waals surface area contributed by atoms with Crippen molar-refractivity contribution in [3.63, 3.8) is 0 Å². The first-order chi connectivity index (χ1) is 5.47. The molecular weight excluding hydrogens is 155 g/mol. The molecule has 1 rings (SSSR count). The average Bonchev–Trinajstić information content (AvgIpc) is 1.91. The van der Waals surface area contributed by atoms with Crippen LogP contribution in [-0.4, -0.2) is 5.85 Å². The lowest BCUT2D eigenvalue weighted by atomic mass is 10.2. The van der Waals surface area contributed by atoms with Crippen LogP contribution in [0.25, 0.3) is 0 Å². The second-order valence-corrected chi connectivity index (χ2v) is 3.28. The molecule has 0 bridgehead atoms. The van der Waals surface area contributed by atoms with Gasteiger partial charge in [0.05, 0.1) is 0 Å². The van der Waals surface area contributed by atoms with E-state index in [-0.39, 0.29) is 0 Å². The molecule has 0 aliphatic rings. The molecule has 0 fully saturated rings. The van der Waals surface area contributed by atoms with Gasteiger partial charge in [0.2, 0.25) is 5.85 Å². The number of aryl methyl sites for hydroxylation is 1. The predicted octanol–water partition coefficient (Wildman–Crippen LogP) is 3.08. The standard InChI is InChI=1S/C10H13FO/c1-8-4-6-9(7-5-8)12-10(2,3)11/h4-7H,1-3H3. The Hall–Kier alpha value is -1.05. The maximum atomic E-state index is 13.0. The van der Waals surface area contributed by atoms with Crippen molar-refractivity contribution in [1.29, 1.82) is 0 Å². The molecular formula is C10H13FO. The van der Waals surface area contributed by atoms with Gasteiger partial charge in [0.25, 0.3) is 0 Å². The Labute approximate surface area is 72.2 Å². The molecule has 1 nitrogen and oxygen atoms in total. The third-order valence-corrected chi connectivity index (χ3v) is 1.38. The lowest BCUT2D eigenvalue weighted by molar-refractivity contribution is -0.0257. The number of hydrogen-bond acceptors (Lipinski definition) is 1. The van der Waals surface area contributed by atoms with Crippen LogP contribution in [0.2, 0.25) is 0 Å². The van der Waals surface area contributed by atoms with Gasteiger partial charge in [-0.05, 0) is 19.1 Å². The van der Waals surface area contributed by atoms with Crippen LogP contribution in [0.15, 0.2) is 24.3 Å². The largest absolute Gasteiger partial charge is 0.459 e. The van der Waals surface area contributed by atoms with Crippen LogP contribution in [0.4, 0.5) is 4.39 Å². The minimum absolute atomic E-state index is 0.563. The van der Waals surface area contributed by atoms with Crippen molar-refractivity contribution in [2.24, 2.45) is 0 Å².